The second-order valence-electron chi connectivity index (χ2n) is 7.66. The van der Waals surface area contributed by atoms with Crippen molar-refractivity contribution in [3.8, 4) is 0 Å². The minimum atomic E-state index is -0.414. The molecule has 9 nitrogen and oxygen atoms in total. The number of likely N-dealkylation sites (N-methyl/N-ethyl adjacent to an activating group) is 1. The Morgan fingerprint density at radius 2 is 1.73 bits per heavy atom. The Hall–Kier alpha value is -3.49. The molecule has 4 rings (SSSR count). The summed E-state index contributed by atoms with van der Waals surface area (Å²) in [5.74, 6) is 0.954. The standard InChI is InChI=1S/C21H24N6O3/c1-14-10-15(2)19(23-11-14)25-6-8-26(9-7-25)20(29)16-4-5-17(22-12-16)27-13-18(28)24(3)21(27)30/h4-5,10-12H,6-9,13H2,1-3H3. The summed E-state index contributed by atoms with van der Waals surface area (Å²) >= 11 is 0. The average Bonchev–Trinajstić information content (AvgIpc) is 3.01. The van der Waals surface area contributed by atoms with Crippen molar-refractivity contribution in [2.45, 2.75) is 13.8 Å². The third-order valence-corrected chi connectivity index (χ3v) is 5.51. The van der Waals surface area contributed by atoms with Gasteiger partial charge in [-0.05, 0) is 37.1 Å². The molecule has 2 aromatic rings. The molecule has 0 aromatic carbocycles. The molecular formula is C21H24N6O3. The lowest BCUT2D eigenvalue weighted by molar-refractivity contribution is -0.123. The van der Waals surface area contributed by atoms with Crippen molar-refractivity contribution in [1.29, 1.82) is 0 Å². The number of hydrogen-bond donors (Lipinski definition) is 0. The molecule has 0 unspecified atom stereocenters. The Balaban J connectivity index is 1.40. The van der Waals surface area contributed by atoms with Crippen molar-refractivity contribution in [3.63, 3.8) is 0 Å². The number of aryl methyl sites for hydroxylation is 2. The molecule has 0 spiro atoms. The highest BCUT2D eigenvalue weighted by Gasteiger charge is 2.35. The summed E-state index contributed by atoms with van der Waals surface area (Å²) in [6.07, 6.45) is 3.33. The third kappa shape index (κ3) is 3.58. The maximum Gasteiger partial charge on any atom is 0.332 e. The molecule has 0 bridgehead atoms. The number of imide groups is 1. The van der Waals surface area contributed by atoms with E-state index in [1.807, 2.05) is 13.1 Å². The number of piperazine rings is 1. The fraction of sp³-hybridized carbons (Fsp3) is 0.381. The van der Waals surface area contributed by atoms with Crippen LogP contribution in [0.4, 0.5) is 16.4 Å². The predicted octanol–water partition coefficient (Wildman–Crippen LogP) is 1.45. The first-order valence-corrected chi connectivity index (χ1v) is 9.86. The minimum Gasteiger partial charge on any atom is -0.353 e. The van der Waals surface area contributed by atoms with Gasteiger partial charge in [-0.15, -0.1) is 0 Å². The first-order chi connectivity index (χ1) is 14.3. The van der Waals surface area contributed by atoms with Gasteiger partial charge in [0.05, 0.1) is 5.56 Å². The van der Waals surface area contributed by atoms with E-state index in [2.05, 4.69) is 27.9 Å². The van der Waals surface area contributed by atoms with Crippen LogP contribution in [0.15, 0.2) is 30.6 Å². The molecule has 2 aliphatic heterocycles. The van der Waals surface area contributed by atoms with E-state index in [0.717, 1.165) is 21.8 Å². The molecule has 156 valence electrons. The molecular weight excluding hydrogens is 384 g/mol. The Morgan fingerprint density at radius 3 is 2.30 bits per heavy atom. The van der Waals surface area contributed by atoms with E-state index in [4.69, 9.17) is 0 Å². The molecule has 2 saturated heterocycles. The molecule has 2 aliphatic rings. The van der Waals surface area contributed by atoms with Crippen LogP contribution in [0.25, 0.3) is 0 Å². The Bertz CT molecular complexity index is 998. The van der Waals surface area contributed by atoms with E-state index in [1.165, 1.54) is 18.1 Å². The van der Waals surface area contributed by atoms with E-state index in [0.29, 0.717) is 37.6 Å². The highest BCUT2D eigenvalue weighted by Crippen LogP contribution is 2.21. The highest BCUT2D eigenvalue weighted by molar-refractivity contribution is 6.11. The number of anilines is 2. The van der Waals surface area contributed by atoms with E-state index in [-0.39, 0.29) is 18.4 Å². The van der Waals surface area contributed by atoms with Gasteiger partial charge in [0.2, 0.25) is 0 Å². The summed E-state index contributed by atoms with van der Waals surface area (Å²) in [4.78, 5) is 51.8. The van der Waals surface area contributed by atoms with Crippen LogP contribution in [-0.2, 0) is 4.79 Å². The van der Waals surface area contributed by atoms with E-state index in [1.54, 1.807) is 17.0 Å². The first kappa shape index (κ1) is 19.8. The topological polar surface area (TPSA) is 90.0 Å². The van der Waals surface area contributed by atoms with Crippen LogP contribution in [0.3, 0.4) is 0 Å². The number of rotatable bonds is 3. The van der Waals surface area contributed by atoms with Crippen LogP contribution < -0.4 is 9.80 Å². The van der Waals surface area contributed by atoms with Crippen molar-refractivity contribution in [1.82, 2.24) is 19.8 Å². The molecule has 9 heteroatoms. The number of carbonyl (C=O) groups is 3. The second kappa shape index (κ2) is 7.74. The summed E-state index contributed by atoms with van der Waals surface area (Å²) in [6, 6.07) is 4.96. The first-order valence-electron chi connectivity index (χ1n) is 9.86. The number of hydrogen-bond acceptors (Lipinski definition) is 6. The van der Waals surface area contributed by atoms with Gasteiger partial charge in [-0.25, -0.2) is 14.8 Å². The van der Waals surface area contributed by atoms with Crippen molar-refractivity contribution >= 4 is 29.5 Å². The van der Waals surface area contributed by atoms with Gasteiger partial charge >= 0.3 is 6.03 Å². The van der Waals surface area contributed by atoms with Crippen LogP contribution in [-0.4, -0.2) is 77.4 Å². The number of carbonyl (C=O) groups excluding carboxylic acids is 3. The van der Waals surface area contributed by atoms with Gasteiger partial charge in [0.15, 0.2) is 0 Å². The third-order valence-electron chi connectivity index (χ3n) is 5.51. The molecule has 4 heterocycles. The molecule has 0 atom stereocenters. The summed E-state index contributed by atoms with van der Waals surface area (Å²) in [7, 11) is 1.44. The van der Waals surface area contributed by atoms with E-state index >= 15 is 0 Å². The molecule has 0 N–H and O–H groups in total. The van der Waals surface area contributed by atoms with E-state index in [9.17, 15) is 14.4 Å². The zero-order chi connectivity index (χ0) is 21.4. The van der Waals surface area contributed by atoms with E-state index < -0.39 is 6.03 Å². The fourth-order valence-electron chi connectivity index (χ4n) is 3.79. The maximum atomic E-state index is 12.9. The Labute approximate surface area is 174 Å². The van der Waals surface area contributed by atoms with Gasteiger partial charge in [-0.2, -0.15) is 0 Å². The van der Waals surface area contributed by atoms with Gasteiger partial charge in [-0.3, -0.25) is 19.4 Å². The lowest BCUT2D eigenvalue weighted by Crippen LogP contribution is -2.49. The van der Waals surface area contributed by atoms with Gasteiger partial charge in [0.1, 0.15) is 18.2 Å². The smallest absolute Gasteiger partial charge is 0.332 e. The van der Waals surface area contributed by atoms with Gasteiger partial charge in [-0.1, -0.05) is 6.07 Å². The quantitative estimate of drug-likeness (QED) is 0.714. The Kier molecular flexibility index (Phi) is 5.11. The number of nitrogens with zero attached hydrogens (tertiary/aromatic N) is 6. The molecule has 4 amide bonds. The highest BCUT2D eigenvalue weighted by atomic mass is 16.2. The summed E-state index contributed by atoms with van der Waals surface area (Å²) in [6.45, 7) is 6.66. The lowest BCUT2D eigenvalue weighted by Gasteiger charge is -2.36. The minimum absolute atomic E-state index is 0.0376. The molecule has 0 aliphatic carbocycles. The fourth-order valence-corrected chi connectivity index (χ4v) is 3.79. The number of amides is 4. The second-order valence-corrected chi connectivity index (χ2v) is 7.66. The van der Waals surface area contributed by atoms with Crippen molar-refractivity contribution in [3.05, 3.63) is 47.3 Å². The van der Waals surface area contributed by atoms with Crippen LogP contribution in [0.5, 0.6) is 0 Å². The zero-order valence-electron chi connectivity index (χ0n) is 17.3. The maximum absolute atomic E-state index is 12.9. The summed E-state index contributed by atoms with van der Waals surface area (Å²) in [5, 5.41) is 0. The van der Waals surface area contributed by atoms with Crippen LogP contribution in [0.1, 0.15) is 21.5 Å². The van der Waals surface area contributed by atoms with Crippen LogP contribution in [0.2, 0.25) is 0 Å². The molecule has 0 radical (unpaired) electrons. The van der Waals surface area contributed by atoms with Crippen molar-refractivity contribution < 1.29 is 14.4 Å². The summed E-state index contributed by atoms with van der Waals surface area (Å²) in [5.41, 5.74) is 2.73. The predicted molar refractivity (Wildman–Crippen MR) is 112 cm³/mol. The van der Waals surface area contributed by atoms with Crippen LogP contribution in [0, 0.1) is 13.8 Å². The monoisotopic (exact) mass is 408 g/mol. The van der Waals surface area contributed by atoms with Gasteiger partial charge in [0.25, 0.3) is 11.8 Å². The molecule has 2 aromatic heterocycles. The normalized spacial score (nSPS) is 17.2. The summed E-state index contributed by atoms with van der Waals surface area (Å²) < 4.78 is 0. The number of pyridine rings is 2. The lowest BCUT2D eigenvalue weighted by atomic mass is 10.2. The number of aromatic nitrogens is 2. The largest absolute Gasteiger partial charge is 0.353 e. The van der Waals surface area contributed by atoms with Crippen molar-refractivity contribution in [2.24, 2.45) is 0 Å². The van der Waals surface area contributed by atoms with Gasteiger partial charge < -0.3 is 9.80 Å². The van der Waals surface area contributed by atoms with Crippen LogP contribution >= 0.6 is 0 Å². The molecule has 2 fully saturated rings. The van der Waals surface area contributed by atoms with Crippen molar-refractivity contribution in [2.75, 3.05) is 49.6 Å². The zero-order valence-corrected chi connectivity index (χ0v) is 17.3. The SMILES string of the molecule is Cc1cnc(N2CCN(C(=O)c3ccc(N4CC(=O)N(C)C4=O)nc3)CC2)c(C)c1. The Morgan fingerprint density at radius 1 is 1.00 bits per heavy atom. The molecule has 0 saturated carbocycles. The van der Waals surface area contributed by atoms with Gasteiger partial charge in [0, 0.05) is 45.6 Å². The number of urea groups is 1. The molecule has 30 heavy (non-hydrogen) atoms. The average molecular weight is 408 g/mol.